The molecule has 2 bridgehead atoms. The van der Waals surface area contributed by atoms with E-state index in [0.29, 0.717) is 12.1 Å². The van der Waals surface area contributed by atoms with E-state index >= 15 is 0 Å². The summed E-state index contributed by atoms with van der Waals surface area (Å²) in [6, 6.07) is 10.7. The Balaban J connectivity index is 1.62. The summed E-state index contributed by atoms with van der Waals surface area (Å²) in [5.74, 6) is -0.843. The number of fused-ring (bicyclic) bond motifs is 2. The minimum Gasteiger partial charge on any atom is -0.461 e. The minimum atomic E-state index is -0.568. The lowest BCUT2D eigenvalue weighted by atomic mass is 9.95. The number of aliphatic hydroxyl groups is 1. The first-order valence-electron chi connectivity index (χ1n) is 9.79. The molecule has 0 amide bonds. The van der Waals surface area contributed by atoms with Gasteiger partial charge in [0.1, 0.15) is 12.0 Å². The van der Waals surface area contributed by atoms with Gasteiger partial charge in [-0.1, -0.05) is 43.7 Å². The Labute approximate surface area is 151 Å². The fourth-order valence-electron chi connectivity index (χ4n) is 4.90. The molecule has 0 spiro atoms. The molecule has 2 heterocycles. The van der Waals surface area contributed by atoms with E-state index in [9.17, 15) is 9.90 Å². The highest BCUT2D eigenvalue weighted by molar-refractivity contribution is 5.78. The van der Waals surface area contributed by atoms with Crippen LogP contribution in [0.15, 0.2) is 30.3 Å². The van der Waals surface area contributed by atoms with Crippen LogP contribution in [0.3, 0.4) is 0 Å². The first-order chi connectivity index (χ1) is 12.1. The van der Waals surface area contributed by atoms with Gasteiger partial charge in [-0.2, -0.15) is 0 Å². The number of carbonyl (C=O) groups is 1. The Bertz CT molecular complexity index is 560. The second-order valence-electron chi connectivity index (χ2n) is 7.99. The second kappa shape index (κ2) is 7.88. The lowest BCUT2D eigenvalue weighted by Crippen LogP contribution is -2.59. The number of quaternary nitrogens is 1. The van der Waals surface area contributed by atoms with Gasteiger partial charge in [0.05, 0.1) is 32.3 Å². The summed E-state index contributed by atoms with van der Waals surface area (Å²) in [6.45, 7) is 3.30. The van der Waals surface area contributed by atoms with Crippen molar-refractivity contribution in [3.63, 3.8) is 0 Å². The molecule has 2 saturated heterocycles. The van der Waals surface area contributed by atoms with Gasteiger partial charge < -0.3 is 14.3 Å². The Morgan fingerprint density at radius 1 is 1.24 bits per heavy atom. The topological polar surface area (TPSA) is 46.5 Å². The van der Waals surface area contributed by atoms with Gasteiger partial charge in [-0.15, -0.1) is 0 Å². The maximum Gasteiger partial charge on any atom is 0.316 e. The summed E-state index contributed by atoms with van der Waals surface area (Å²) in [4.78, 5) is 12.6. The highest BCUT2D eigenvalue weighted by Gasteiger charge is 2.52. The van der Waals surface area contributed by atoms with E-state index in [0.717, 1.165) is 18.4 Å². The van der Waals surface area contributed by atoms with Crippen LogP contribution in [0, 0.1) is 0 Å². The predicted octanol–water partition coefficient (Wildman–Crippen LogP) is 3.25. The largest absolute Gasteiger partial charge is 0.461 e. The van der Waals surface area contributed by atoms with Crippen molar-refractivity contribution in [3.8, 4) is 0 Å². The van der Waals surface area contributed by atoms with E-state index in [1.165, 1.54) is 36.7 Å². The van der Waals surface area contributed by atoms with Gasteiger partial charge in [0.2, 0.25) is 0 Å². The monoisotopic (exact) mass is 346 g/mol. The number of piperidine rings is 1. The van der Waals surface area contributed by atoms with Crippen LogP contribution in [0.4, 0.5) is 0 Å². The number of hydrogen-bond acceptors (Lipinski definition) is 3. The van der Waals surface area contributed by atoms with Gasteiger partial charge in [0.15, 0.2) is 0 Å². The molecular weight excluding hydrogens is 314 g/mol. The van der Waals surface area contributed by atoms with Crippen LogP contribution < -0.4 is 0 Å². The molecule has 2 aliphatic heterocycles. The van der Waals surface area contributed by atoms with Gasteiger partial charge in [-0.3, -0.25) is 4.79 Å². The molecule has 3 atom stereocenters. The van der Waals surface area contributed by atoms with Crippen LogP contribution in [0.5, 0.6) is 0 Å². The van der Waals surface area contributed by atoms with E-state index in [4.69, 9.17) is 4.74 Å². The molecule has 1 aromatic carbocycles. The molecule has 1 N–H and O–H groups in total. The smallest absolute Gasteiger partial charge is 0.316 e. The maximum absolute atomic E-state index is 12.6. The Hall–Kier alpha value is -1.39. The molecule has 25 heavy (non-hydrogen) atoms. The van der Waals surface area contributed by atoms with E-state index in [1.54, 1.807) is 0 Å². The van der Waals surface area contributed by atoms with Gasteiger partial charge >= 0.3 is 5.97 Å². The Morgan fingerprint density at radius 3 is 2.44 bits per heavy atom. The molecule has 0 aromatic heterocycles. The normalized spacial score (nSPS) is 32.4. The molecule has 0 saturated carbocycles. The Kier molecular flexibility index (Phi) is 5.80. The number of benzene rings is 1. The molecule has 3 rings (SSSR count). The summed E-state index contributed by atoms with van der Waals surface area (Å²) in [5.41, 5.74) is 0.831. The van der Waals surface area contributed by atoms with Crippen molar-refractivity contribution in [2.45, 2.75) is 69.6 Å². The van der Waals surface area contributed by atoms with Crippen LogP contribution >= 0.6 is 0 Å². The second-order valence-corrected chi connectivity index (χ2v) is 7.99. The van der Waals surface area contributed by atoms with E-state index in [-0.39, 0.29) is 18.7 Å². The summed E-state index contributed by atoms with van der Waals surface area (Å²) < 4.78 is 7.04. The average Bonchev–Trinajstić information content (AvgIpc) is 2.79. The fraction of sp³-hybridized carbons (Fsp3) is 0.667. The van der Waals surface area contributed by atoms with Crippen LogP contribution in [0.25, 0.3) is 0 Å². The molecule has 2 aliphatic rings. The molecule has 2 fully saturated rings. The summed E-state index contributed by atoms with van der Waals surface area (Å²) in [5, 5.41) is 9.67. The highest BCUT2D eigenvalue weighted by atomic mass is 16.5. The molecule has 4 heteroatoms. The lowest BCUT2D eigenvalue weighted by Gasteiger charge is -2.47. The summed E-state index contributed by atoms with van der Waals surface area (Å²) in [6.07, 6.45) is 6.96. The van der Waals surface area contributed by atoms with Gasteiger partial charge in [0, 0.05) is 25.7 Å². The molecule has 0 radical (unpaired) electrons. The number of esters is 1. The van der Waals surface area contributed by atoms with Crippen LogP contribution in [-0.4, -0.2) is 53.9 Å². The van der Waals surface area contributed by atoms with E-state index < -0.39 is 5.92 Å². The van der Waals surface area contributed by atoms with Crippen molar-refractivity contribution in [3.05, 3.63) is 35.9 Å². The third-order valence-electron chi connectivity index (χ3n) is 6.52. The standard InChI is InChI=1S/C21H32NO3/c1-3-4-12-22(2)17-10-11-18(22)14-19(13-17)25-21(24)20(15-23)16-8-6-5-7-9-16/h5-9,17-20,23H,3-4,10-15H2,1-2H3/q+1. The Morgan fingerprint density at radius 2 is 1.88 bits per heavy atom. The van der Waals surface area contributed by atoms with E-state index in [1.807, 2.05) is 30.3 Å². The molecule has 138 valence electrons. The number of rotatable bonds is 7. The molecule has 3 unspecified atom stereocenters. The molecular formula is C21H32NO3+. The minimum absolute atomic E-state index is 0.00980. The SMILES string of the molecule is CCCC[N+]1(C)C2CCC1CC(OC(=O)C(CO)c1ccccc1)C2. The third kappa shape index (κ3) is 3.75. The zero-order valence-corrected chi connectivity index (χ0v) is 15.6. The quantitative estimate of drug-likeness (QED) is 0.609. The third-order valence-corrected chi connectivity index (χ3v) is 6.52. The van der Waals surface area contributed by atoms with E-state index in [2.05, 4.69) is 14.0 Å². The number of ether oxygens (including phenoxy) is 1. The number of nitrogens with zero attached hydrogens (tertiary/aromatic N) is 1. The van der Waals surface area contributed by atoms with Crippen LogP contribution in [-0.2, 0) is 9.53 Å². The lowest BCUT2D eigenvalue weighted by molar-refractivity contribution is -0.949. The molecule has 4 nitrogen and oxygen atoms in total. The number of hydrogen-bond donors (Lipinski definition) is 1. The number of unbranched alkanes of at least 4 members (excludes halogenated alkanes) is 1. The first-order valence-corrected chi connectivity index (χ1v) is 9.79. The van der Waals surface area contributed by atoms with Crippen molar-refractivity contribution in [1.29, 1.82) is 0 Å². The zero-order valence-electron chi connectivity index (χ0n) is 15.6. The number of aliphatic hydroxyl groups excluding tert-OH is 1. The fourth-order valence-corrected chi connectivity index (χ4v) is 4.90. The van der Waals surface area contributed by atoms with Crippen molar-refractivity contribution < 1.29 is 19.1 Å². The van der Waals surface area contributed by atoms with Crippen LogP contribution in [0.1, 0.15) is 56.9 Å². The molecule has 0 aliphatic carbocycles. The predicted molar refractivity (Wildman–Crippen MR) is 98.2 cm³/mol. The van der Waals surface area contributed by atoms with Crippen molar-refractivity contribution in [2.24, 2.45) is 0 Å². The zero-order chi connectivity index (χ0) is 17.9. The van der Waals surface area contributed by atoms with Crippen LogP contribution in [0.2, 0.25) is 0 Å². The van der Waals surface area contributed by atoms with Gasteiger partial charge in [-0.05, 0) is 12.0 Å². The van der Waals surface area contributed by atoms with Crippen molar-refractivity contribution in [2.75, 3.05) is 20.2 Å². The van der Waals surface area contributed by atoms with Crippen molar-refractivity contribution in [1.82, 2.24) is 0 Å². The van der Waals surface area contributed by atoms with Crippen molar-refractivity contribution >= 4 is 5.97 Å². The maximum atomic E-state index is 12.6. The summed E-state index contributed by atoms with van der Waals surface area (Å²) in [7, 11) is 2.40. The first kappa shape index (κ1) is 18.4. The average molecular weight is 346 g/mol. The highest BCUT2D eigenvalue weighted by Crippen LogP contribution is 2.42. The molecule has 1 aromatic rings. The summed E-state index contributed by atoms with van der Waals surface area (Å²) >= 11 is 0. The number of carbonyl (C=O) groups excluding carboxylic acids is 1. The van der Waals surface area contributed by atoms with Gasteiger partial charge in [-0.25, -0.2) is 0 Å². The van der Waals surface area contributed by atoms with Gasteiger partial charge in [0.25, 0.3) is 0 Å².